The molecule has 3 rings (SSSR count). The number of fused-ring (bicyclic) bond motifs is 1. The topological polar surface area (TPSA) is 30.2 Å². The largest absolute Gasteiger partial charge is 0.233 e. The van der Waals surface area contributed by atoms with Crippen LogP contribution in [-0.4, -0.2) is 14.6 Å². The van der Waals surface area contributed by atoms with Gasteiger partial charge in [0.05, 0.1) is 11.3 Å². The van der Waals surface area contributed by atoms with Gasteiger partial charge in [-0.25, -0.2) is 9.50 Å². The zero-order valence-corrected chi connectivity index (χ0v) is 13.4. The summed E-state index contributed by atoms with van der Waals surface area (Å²) < 4.78 is 1.89. The summed E-state index contributed by atoms with van der Waals surface area (Å²) in [6, 6.07) is 6.50. The second-order valence-electron chi connectivity index (χ2n) is 5.77. The normalized spacial score (nSPS) is 11.3. The number of aryl methyl sites for hydroxylation is 5. The van der Waals surface area contributed by atoms with Crippen LogP contribution in [0.2, 0.25) is 0 Å². The maximum atomic E-state index is 4.80. The Morgan fingerprint density at radius 3 is 2.29 bits per heavy atom. The highest BCUT2D eigenvalue weighted by Gasteiger charge is 2.17. The van der Waals surface area contributed by atoms with E-state index in [0.29, 0.717) is 0 Å². The molecule has 0 radical (unpaired) electrons. The molecule has 21 heavy (non-hydrogen) atoms. The van der Waals surface area contributed by atoms with Crippen molar-refractivity contribution in [3.8, 4) is 11.1 Å². The third kappa shape index (κ3) is 2.23. The van der Waals surface area contributed by atoms with Gasteiger partial charge in [-0.05, 0) is 56.9 Å². The third-order valence-electron chi connectivity index (χ3n) is 4.01. The summed E-state index contributed by atoms with van der Waals surface area (Å²) in [5, 5.41) is 4.62. The molecule has 0 aliphatic rings. The Balaban J connectivity index is 2.37. The van der Waals surface area contributed by atoms with Gasteiger partial charge in [0, 0.05) is 11.9 Å². The molecule has 0 saturated heterocycles. The van der Waals surface area contributed by atoms with Crippen molar-refractivity contribution in [2.24, 2.45) is 0 Å². The van der Waals surface area contributed by atoms with E-state index >= 15 is 0 Å². The zero-order valence-electron chi connectivity index (χ0n) is 13.4. The first kappa shape index (κ1) is 13.8. The van der Waals surface area contributed by atoms with E-state index in [-0.39, 0.29) is 0 Å². The van der Waals surface area contributed by atoms with Crippen LogP contribution < -0.4 is 0 Å². The van der Waals surface area contributed by atoms with E-state index in [9.17, 15) is 0 Å². The smallest absolute Gasteiger partial charge is 0.163 e. The predicted octanol–water partition coefficient (Wildman–Crippen LogP) is 4.19. The van der Waals surface area contributed by atoms with Crippen molar-refractivity contribution in [2.45, 2.75) is 41.0 Å². The third-order valence-corrected chi connectivity index (χ3v) is 4.01. The molecule has 0 bridgehead atoms. The molecular formula is C18H21N3. The first-order valence-electron chi connectivity index (χ1n) is 7.44. The van der Waals surface area contributed by atoms with Crippen molar-refractivity contribution in [3.63, 3.8) is 0 Å². The van der Waals surface area contributed by atoms with Crippen LogP contribution in [0.1, 0.15) is 35.0 Å². The van der Waals surface area contributed by atoms with Crippen LogP contribution in [0.4, 0.5) is 0 Å². The van der Waals surface area contributed by atoms with Gasteiger partial charge in [-0.3, -0.25) is 0 Å². The molecule has 3 heteroatoms. The van der Waals surface area contributed by atoms with Gasteiger partial charge in [0.2, 0.25) is 0 Å². The van der Waals surface area contributed by atoms with Crippen molar-refractivity contribution in [1.29, 1.82) is 0 Å². The molecule has 2 heterocycles. The number of hydrogen-bond acceptors (Lipinski definition) is 2. The minimum Gasteiger partial charge on any atom is -0.233 e. The second kappa shape index (κ2) is 4.99. The van der Waals surface area contributed by atoms with E-state index in [1.54, 1.807) is 0 Å². The SMILES string of the molecule is CCc1ccn2nc(C)c(-c3c(C)cc(C)cc3C)c2n1. The van der Waals surface area contributed by atoms with E-state index in [1.807, 2.05) is 16.8 Å². The summed E-state index contributed by atoms with van der Waals surface area (Å²) in [4.78, 5) is 4.80. The van der Waals surface area contributed by atoms with Gasteiger partial charge < -0.3 is 0 Å². The zero-order chi connectivity index (χ0) is 15.1. The molecule has 0 atom stereocenters. The van der Waals surface area contributed by atoms with Crippen LogP contribution in [0.25, 0.3) is 16.8 Å². The van der Waals surface area contributed by atoms with Crippen molar-refractivity contribution in [2.75, 3.05) is 0 Å². The average molecular weight is 279 g/mol. The van der Waals surface area contributed by atoms with Crippen LogP contribution >= 0.6 is 0 Å². The molecule has 0 amide bonds. The molecule has 2 aromatic heterocycles. The van der Waals surface area contributed by atoms with Crippen molar-refractivity contribution in [3.05, 3.63) is 52.5 Å². The molecule has 1 aromatic carbocycles. The average Bonchev–Trinajstić information content (AvgIpc) is 2.73. The van der Waals surface area contributed by atoms with Crippen molar-refractivity contribution >= 4 is 5.65 Å². The van der Waals surface area contributed by atoms with Crippen LogP contribution in [0.15, 0.2) is 24.4 Å². The molecular weight excluding hydrogens is 258 g/mol. The maximum Gasteiger partial charge on any atom is 0.163 e. The number of benzene rings is 1. The van der Waals surface area contributed by atoms with Gasteiger partial charge in [-0.1, -0.05) is 24.6 Å². The number of hydrogen-bond donors (Lipinski definition) is 0. The van der Waals surface area contributed by atoms with Gasteiger partial charge in [0.15, 0.2) is 5.65 Å². The second-order valence-corrected chi connectivity index (χ2v) is 5.77. The molecule has 0 spiro atoms. The highest BCUT2D eigenvalue weighted by atomic mass is 15.2. The molecule has 0 N–H and O–H groups in total. The molecule has 3 aromatic rings. The van der Waals surface area contributed by atoms with E-state index in [1.165, 1.54) is 27.8 Å². The molecule has 3 nitrogen and oxygen atoms in total. The minimum atomic E-state index is 0.937. The maximum absolute atomic E-state index is 4.80. The highest BCUT2D eigenvalue weighted by Crippen LogP contribution is 2.33. The van der Waals surface area contributed by atoms with Crippen LogP contribution in [0.3, 0.4) is 0 Å². The van der Waals surface area contributed by atoms with Crippen LogP contribution in [0, 0.1) is 27.7 Å². The van der Waals surface area contributed by atoms with Gasteiger partial charge >= 0.3 is 0 Å². The monoisotopic (exact) mass is 279 g/mol. The van der Waals surface area contributed by atoms with Gasteiger partial charge in [-0.2, -0.15) is 5.10 Å². The van der Waals surface area contributed by atoms with E-state index < -0.39 is 0 Å². The summed E-state index contributed by atoms with van der Waals surface area (Å²) in [6.07, 6.45) is 2.95. The van der Waals surface area contributed by atoms with Gasteiger partial charge in [-0.15, -0.1) is 0 Å². The lowest BCUT2D eigenvalue weighted by Crippen LogP contribution is -1.96. The highest BCUT2D eigenvalue weighted by molar-refractivity contribution is 5.84. The molecule has 0 aliphatic heterocycles. The van der Waals surface area contributed by atoms with Crippen LogP contribution in [-0.2, 0) is 6.42 Å². The Morgan fingerprint density at radius 1 is 1.00 bits per heavy atom. The number of rotatable bonds is 2. The van der Waals surface area contributed by atoms with Gasteiger partial charge in [0.1, 0.15) is 0 Å². The van der Waals surface area contributed by atoms with Crippen molar-refractivity contribution in [1.82, 2.24) is 14.6 Å². The Bertz CT molecular complexity index is 805. The predicted molar refractivity (Wildman–Crippen MR) is 86.7 cm³/mol. The quantitative estimate of drug-likeness (QED) is 0.704. The first-order chi connectivity index (χ1) is 10.0. The van der Waals surface area contributed by atoms with Crippen LogP contribution in [0.5, 0.6) is 0 Å². The Morgan fingerprint density at radius 2 is 1.67 bits per heavy atom. The van der Waals surface area contributed by atoms with E-state index in [0.717, 1.165) is 23.5 Å². The summed E-state index contributed by atoms with van der Waals surface area (Å²) in [5.41, 5.74) is 9.40. The Hall–Kier alpha value is -2.16. The summed E-state index contributed by atoms with van der Waals surface area (Å²) >= 11 is 0. The fourth-order valence-electron chi connectivity index (χ4n) is 3.14. The van der Waals surface area contributed by atoms with Gasteiger partial charge in [0.25, 0.3) is 0 Å². The Labute approximate surface area is 125 Å². The molecule has 0 fully saturated rings. The molecule has 0 unspecified atom stereocenters. The fraction of sp³-hybridized carbons (Fsp3) is 0.333. The first-order valence-corrected chi connectivity index (χ1v) is 7.44. The fourth-order valence-corrected chi connectivity index (χ4v) is 3.14. The lowest BCUT2D eigenvalue weighted by molar-refractivity contribution is 0.896. The summed E-state index contributed by atoms with van der Waals surface area (Å²) in [6.45, 7) is 10.7. The number of nitrogens with zero attached hydrogens (tertiary/aromatic N) is 3. The summed E-state index contributed by atoms with van der Waals surface area (Å²) in [7, 11) is 0. The Kier molecular flexibility index (Phi) is 3.28. The lowest BCUT2D eigenvalue weighted by atomic mass is 9.94. The number of aromatic nitrogens is 3. The molecule has 108 valence electrons. The lowest BCUT2D eigenvalue weighted by Gasteiger charge is -2.11. The standard InChI is InChI=1S/C18H21N3/c1-6-15-7-8-21-18(19-15)17(14(5)20-21)16-12(3)9-11(2)10-13(16)4/h7-10H,6H2,1-5H3. The van der Waals surface area contributed by atoms with E-state index in [4.69, 9.17) is 4.98 Å². The molecule has 0 saturated carbocycles. The molecule has 0 aliphatic carbocycles. The minimum absolute atomic E-state index is 0.937. The van der Waals surface area contributed by atoms with E-state index in [2.05, 4.69) is 51.9 Å². The van der Waals surface area contributed by atoms with Crippen molar-refractivity contribution < 1.29 is 0 Å². The summed E-state index contributed by atoms with van der Waals surface area (Å²) in [5.74, 6) is 0.